The first-order chi connectivity index (χ1) is 11.1. The maximum Gasteiger partial charge on any atom is 0.263 e. The van der Waals surface area contributed by atoms with Crippen molar-refractivity contribution in [3.8, 4) is 5.75 Å². The van der Waals surface area contributed by atoms with Crippen molar-refractivity contribution >= 4 is 17.2 Å². The summed E-state index contributed by atoms with van der Waals surface area (Å²) >= 11 is 1.54. The van der Waals surface area contributed by atoms with Gasteiger partial charge < -0.3 is 9.64 Å². The van der Waals surface area contributed by atoms with Gasteiger partial charge in [0.25, 0.3) is 5.91 Å². The molecule has 0 atom stereocenters. The number of amides is 1. The van der Waals surface area contributed by atoms with E-state index in [1.54, 1.807) is 6.20 Å². The van der Waals surface area contributed by atoms with Gasteiger partial charge in [0.1, 0.15) is 5.75 Å². The third kappa shape index (κ3) is 3.91. The van der Waals surface area contributed by atoms with Gasteiger partial charge in [0.15, 0.2) is 0 Å². The van der Waals surface area contributed by atoms with Crippen molar-refractivity contribution < 1.29 is 9.53 Å². The van der Waals surface area contributed by atoms with Gasteiger partial charge >= 0.3 is 0 Å². The van der Waals surface area contributed by atoms with Gasteiger partial charge in [-0.2, -0.15) is 0 Å². The van der Waals surface area contributed by atoms with Crippen molar-refractivity contribution in [1.82, 2.24) is 9.88 Å². The first kappa shape index (κ1) is 16.0. The van der Waals surface area contributed by atoms with Crippen LogP contribution in [0.4, 0.5) is 0 Å². The van der Waals surface area contributed by atoms with Gasteiger partial charge in [-0.1, -0.05) is 0 Å². The fourth-order valence-corrected chi connectivity index (χ4v) is 3.70. The predicted molar refractivity (Wildman–Crippen MR) is 92.2 cm³/mol. The van der Waals surface area contributed by atoms with Gasteiger partial charge in [0.05, 0.1) is 11.5 Å². The molecule has 0 unspecified atom stereocenters. The zero-order valence-electron chi connectivity index (χ0n) is 13.6. The lowest BCUT2D eigenvalue weighted by molar-refractivity contribution is 0.0665. The standard InChI is InChI=1S/C18H22N2O2S/c1-13-9-17(23-12-13)18(21)20-7-4-15(5-8-20)11-22-16-3-6-19-10-14(16)2/h3,6,9-10,12,15H,4-5,7-8,11H2,1-2H3. The van der Waals surface area contributed by atoms with Crippen molar-refractivity contribution in [3.63, 3.8) is 0 Å². The molecule has 1 fully saturated rings. The van der Waals surface area contributed by atoms with Crippen LogP contribution in [-0.4, -0.2) is 35.5 Å². The molecule has 0 spiro atoms. The average molecular weight is 330 g/mol. The Morgan fingerprint density at radius 2 is 2.17 bits per heavy atom. The van der Waals surface area contributed by atoms with Crippen LogP contribution in [0.1, 0.15) is 33.6 Å². The highest BCUT2D eigenvalue weighted by atomic mass is 32.1. The molecule has 4 nitrogen and oxygen atoms in total. The Labute approximate surface area is 141 Å². The molecule has 1 amide bonds. The molecule has 2 aromatic heterocycles. The van der Waals surface area contributed by atoms with E-state index in [1.807, 2.05) is 42.5 Å². The van der Waals surface area contributed by atoms with Crippen LogP contribution in [0.25, 0.3) is 0 Å². The Morgan fingerprint density at radius 3 is 2.83 bits per heavy atom. The number of thiophene rings is 1. The van der Waals surface area contributed by atoms with Gasteiger partial charge in [-0.3, -0.25) is 9.78 Å². The number of aromatic nitrogens is 1. The lowest BCUT2D eigenvalue weighted by Gasteiger charge is -2.31. The molecule has 1 aliphatic rings. The number of hydrogen-bond acceptors (Lipinski definition) is 4. The second-order valence-corrected chi connectivity index (χ2v) is 7.09. The maximum absolute atomic E-state index is 12.4. The summed E-state index contributed by atoms with van der Waals surface area (Å²) in [6.45, 7) is 6.38. The lowest BCUT2D eigenvalue weighted by Crippen LogP contribution is -2.39. The molecule has 0 aliphatic carbocycles. The number of aryl methyl sites for hydroxylation is 2. The summed E-state index contributed by atoms with van der Waals surface area (Å²) in [4.78, 5) is 19.3. The first-order valence-corrected chi connectivity index (χ1v) is 8.89. The van der Waals surface area contributed by atoms with Crippen molar-refractivity contribution in [1.29, 1.82) is 0 Å². The minimum absolute atomic E-state index is 0.174. The third-order valence-corrected chi connectivity index (χ3v) is 5.32. The summed E-state index contributed by atoms with van der Waals surface area (Å²) in [6.07, 6.45) is 5.58. The Balaban J connectivity index is 1.49. The van der Waals surface area contributed by atoms with Gasteiger partial charge in [0, 0.05) is 31.0 Å². The number of nitrogens with zero attached hydrogens (tertiary/aromatic N) is 2. The van der Waals surface area contributed by atoms with Gasteiger partial charge in [0.2, 0.25) is 0 Å². The third-order valence-electron chi connectivity index (χ3n) is 4.29. The van der Waals surface area contributed by atoms with E-state index in [-0.39, 0.29) is 5.91 Å². The topological polar surface area (TPSA) is 42.4 Å². The number of ether oxygens (including phenoxy) is 1. The summed E-state index contributed by atoms with van der Waals surface area (Å²) < 4.78 is 5.92. The fraction of sp³-hybridized carbons (Fsp3) is 0.444. The molecule has 0 N–H and O–H groups in total. The molecule has 0 saturated carbocycles. The van der Waals surface area contributed by atoms with Crippen LogP contribution in [0.2, 0.25) is 0 Å². The molecule has 2 aromatic rings. The fourth-order valence-electron chi connectivity index (χ4n) is 2.83. The molecule has 1 aliphatic heterocycles. The number of rotatable bonds is 4. The number of hydrogen-bond donors (Lipinski definition) is 0. The van der Waals surface area contributed by atoms with Crippen LogP contribution in [-0.2, 0) is 0 Å². The van der Waals surface area contributed by atoms with Crippen molar-refractivity contribution in [2.75, 3.05) is 19.7 Å². The largest absolute Gasteiger partial charge is 0.493 e. The molecule has 5 heteroatoms. The molecule has 23 heavy (non-hydrogen) atoms. The zero-order valence-corrected chi connectivity index (χ0v) is 14.4. The zero-order chi connectivity index (χ0) is 16.2. The quantitative estimate of drug-likeness (QED) is 0.858. The molecule has 0 radical (unpaired) electrons. The summed E-state index contributed by atoms with van der Waals surface area (Å²) in [5.41, 5.74) is 2.22. The summed E-state index contributed by atoms with van der Waals surface area (Å²) in [6, 6.07) is 3.89. The molecule has 122 valence electrons. The SMILES string of the molecule is Cc1csc(C(=O)N2CCC(COc3ccncc3C)CC2)c1. The molecule has 1 saturated heterocycles. The van der Waals surface area contributed by atoms with Crippen LogP contribution in [0.15, 0.2) is 29.9 Å². The predicted octanol–water partition coefficient (Wildman–Crippen LogP) is 3.69. The number of likely N-dealkylation sites (tertiary alicyclic amines) is 1. The minimum atomic E-state index is 0.174. The highest BCUT2D eigenvalue weighted by molar-refractivity contribution is 7.12. The second-order valence-electron chi connectivity index (χ2n) is 6.18. The van der Waals surface area contributed by atoms with E-state index >= 15 is 0 Å². The summed E-state index contributed by atoms with van der Waals surface area (Å²) in [7, 11) is 0. The van der Waals surface area contributed by atoms with E-state index in [0.29, 0.717) is 12.5 Å². The van der Waals surface area contributed by atoms with E-state index in [9.17, 15) is 4.79 Å². The van der Waals surface area contributed by atoms with Crippen molar-refractivity contribution in [3.05, 3.63) is 45.9 Å². The van der Waals surface area contributed by atoms with Crippen LogP contribution < -0.4 is 4.74 Å². The number of pyridine rings is 1. The monoisotopic (exact) mass is 330 g/mol. The van der Waals surface area contributed by atoms with E-state index < -0.39 is 0 Å². The maximum atomic E-state index is 12.4. The molecule has 0 aromatic carbocycles. The number of piperidine rings is 1. The van der Waals surface area contributed by atoms with Gasteiger partial charge in [-0.25, -0.2) is 0 Å². The normalized spacial score (nSPS) is 15.7. The summed E-state index contributed by atoms with van der Waals surface area (Å²) in [5.74, 6) is 1.59. The highest BCUT2D eigenvalue weighted by Crippen LogP contribution is 2.23. The van der Waals surface area contributed by atoms with Crippen molar-refractivity contribution in [2.24, 2.45) is 5.92 Å². The lowest BCUT2D eigenvalue weighted by atomic mass is 9.97. The van der Waals surface area contributed by atoms with Crippen LogP contribution >= 0.6 is 11.3 Å². The molecular weight excluding hydrogens is 308 g/mol. The Bertz CT molecular complexity index is 675. The van der Waals surface area contributed by atoms with E-state index in [1.165, 1.54) is 11.3 Å². The summed E-state index contributed by atoms with van der Waals surface area (Å²) in [5, 5.41) is 2.03. The van der Waals surface area contributed by atoms with E-state index in [2.05, 4.69) is 4.98 Å². The minimum Gasteiger partial charge on any atom is -0.493 e. The van der Waals surface area contributed by atoms with Crippen LogP contribution in [0, 0.1) is 19.8 Å². The molecule has 0 bridgehead atoms. The number of carbonyl (C=O) groups is 1. The Kier molecular flexibility index (Phi) is 4.96. The second kappa shape index (κ2) is 7.13. The molecular formula is C18H22N2O2S. The number of carbonyl (C=O) groups excluding carboxylic acids is 1. The van der Waals surface area contributed by atoms with Crippen LogP contribution in [0.3, 0.4) is 0 Å². The van der Waals surface area contributed by atoms with Crippen molar-refractivity contribution in [2.45, 2.75) is 26.7 Å². The first-order valence-electron chi connectivity index (χ1n) is 8.01. The Morgan fingerprint density at radius 1 is 1.39 bits per heavy atom. The van der Waals surface area contributed by atoms with Gasteiger partial charge in [-0.05, 0) is 55.7 Å². The van der Waals surface area contributed by atoms with Crippen LogP contribution in [0.5, 0.6) is 5.75 Å². The average Bonchev–Trinajstić information content (AvgIpc) is 3.00. The van der Waals surface area contributed by atoms with Gasteiger partial charge in [-0.15, -0.1) is 11.3 Å². The molecule has 3 rings (SSSR count). The smallest absolute Gasteiger partial charge is 0.263 e. The molecule has 3 heterocycles. The highest BCUT2D eigenvalue weighted by Gasteiger charge is 2.24. The van der Waals surface area contributed by atoms with E-state index in [0.717, 1.165) is 47.7 Å². The van der Waals surface area contributed by atoms with E-state index in [4.69, 9.17) is 4.74 Å². The Hall–Kier alpha value is -1.88.